The highest BCUT2D eigenvalue weighted by Crippen LogP contribution is 2.41. The number of benzene rings is 4. The molecule has 4 rings (SSSR count). The van der Waals surface area contributed by atoms with E-state index in [0.29, 0.717) is 22.3 Å². The molecule has 0 saturated carbocycles. The van der Waals surface area contributed by atoms with Gasteiger partial charge in [0.05, 0.1) is 0 Å². The number of aromatic hydroxyl groups is 2. The number of sulfone groups is 1. The lowest BCUT2D eigenvalue weighted by molar-refractivity contribution is 0.455. The van der Waals surface area contributed by atoms with E-state index in [1.165, 1.54) is 12.1 Å². The second-order valence-corrected chi connectivity index (χ2v) is 8.43. The SMILES string of the molecule is O=S(=O)(c1cccc(-c2ccccc2)c1O)c1cccc(-c2ccccc2)c1O. The quantitative estimate of drug-likeness (QED) is 0.488. The molecule has 0 fully saturated rings. The molecule has 0 aliphatic carbocycles. The lowest BCUT2D eigenvalue weighted by Crippen LogP contribution is -2.04. The molecular formula is C24H18O4S. The van der Waals surface area contributed by atoms with Crippen LogP contribution in [-0.4, -0.2) is 18.6 Å². The molecule has 2 N–H and O–H groups in total. The van der Waals surface area contributed by atoms with Crippen molar-refractivity contribution in [3.63, 3.8) is 0 Å². The van der Waals surface area contributed by atoms with Crippen molar-refractivity contribution < 1.29 is 18.6 Å². The Balaban J connectivity index is 1.88. The lowest BCUT2D eigenvalue weighted by atomic mass is 10.0. The van der Waals surface area contributed by atoms with Gasteiger partial charge >= 0.3 is 0 Å². The molecule has 0 aliphatic heterocycles. The third kappa shape index (κ3) is 3.37. The zero-order chi connectivity index (χ0) is 20.4. The van der Waals surface area contributed by atoms with E-state index in [1.807, 2.05) is 36.4 Å². The van der Waals surface area contributed by atoms with Crippen molar-refractivity contribution in [3.8, 4) is 33.8 Å². The Morgan fingerprint density at radius 2 is 0.862 bits per heavy atom. The van der Waals surface area contributed by atoms with Crippen molar-refractivity contribution in [2.75, 3.05) is 0 Å². The minimum Gasteiger partial charge on any atom is -0.506 e. The van der Waals surface area contributed by atoms with Crippen molar-refractivity contribution in [2.45, 2.75) is 9.79 Å². The van der Waals surface area contributed by atoms with Crippen LogP contribution in [0.25, 0.3) is 22.3 Å². The van der Waals surface area contributed by atoms with Crippen LogP contribution in [0.5, 0.6) is 11.5 Å². The molecule has 5 heteroatoms. The zero-order valence-electron chi connectivity index (χ0n) is 15.4. The molecule has 0 unspecified atom stereocenters. The number of hydrogen-bond donors (Lipinski definition) is 2. The van der Waals surface area contributed by atoms with Crippen LogP contribution in [0.1, 0.15) is 0 Å². The lowest BCUT2D eigenvalue weighted by Gasteiger charge is -2.14. The average molecular weight is 402 g/mol. The minimum atomic E-state index is -4.16. The van der Waals surface area contributed by atoms with Crippen LogP contribution in [0.4, 0.5) is 0 Å². The van der Waals surface area contributed by atoms with E-state index in [-0.39, 0.29) is 21.3 Å². The Kier molecular flexibility index (Phi) is 4.82. The molecule has 0 spiro atoms. The average Bonchev–Trinajstić information content (AvgIpc) is 2.75. The van der Waals surface area contributed by atoms with Gasteiger partial charge in [-0.2, -0.15) is 0 Å². The molecule has 4 aromatic rings. The van der Waals surface area contributed by atoms with Gasteiger partial charge in [0.15, 0.2) is 0 Å². The monoisotopic (exact) mass is 402 g/mol. The summed E-state index contributed by atoms with van der Waals surface area (Å²) in [6.07, 6.45) is 0. The van der Waals surface area contributed by atoms with E-state index >= 15 is 0 Å². The molecule has 0 aromatic heterocycles. The van der Waals surface area contributed by atoms with E-state index in [9.17, 15) is 18.6 Å². The predicted octanol–water partition coefficient (Wildman–Crippen LogP) is 5.26. The van der Waals surface area contributed by atoms with Gasteiger partial charge in [-0.3, -0.25) is 0 Å². The first-order chi connectivity index (χ1) is 14.0. The molecule has 29 heavy (non-hydrogen) atoms. The summed E-state index contributed by atoms with van der Waals surface area (Å²) in [6.45, 7) is 0. The van der Waals surface area contributed by atoms with E-state index < -0.39 is 9.84 Å². The fourth-order valence-corrected chi connectivity index (χ4v) is 4.78. The number of phenolic OH excluding ortho intramolecular Hbond substituents is 2. The Hall–Kier alpha value is -3.57. The summed E-state index contributed by atoms with van der Waals surface area (Å²) < 4.78 is 26.6. The van der Waals surface area contributed by atoms with Crippen LogP contribution < -0.4 is 0 Å². The molecule has 0 aliphatic rings. The molecular weight excluding hydrogens is 384 g/mol. The molecule has 0 saturated heterocycles. The highest BCUT2D eigenvalue weighted by Gasteiger charge is 2.27. The summed E-state index contributed by atoms with van der Waals surface area (Å²) in [5.74, 6) is -0.688. The first kappa shape index (κ1) is 18.8. The topological polar surface area (TPSA) is 74.6 Å². The number of rotatable bonds is 4. The van der Waals surface area contributed by atoms with Crippen molar-refractivity contribution in [3.05, 3.63) is 97.1 Å². The van der Waals surface area contributed by atoms with Crippen molar-refractivity contribution in [1.29, 1.82) is 0 Å². The maximum atomic E-state index is 13.3. The summed E-state index contributed by atoms with van der Waals surface area (Å²) in [4.78, 5) is -0.501. The van der Waals surface area contributed by atoms with Gasteiger partial charge in [-0.25, -0.2) is 8.42 Å². The molecule has 4 nitrogen and oxygen atoms in total. The number of para-hydroxylation sites is 2. The molecule has 0 bridgehead atoms. The first-order valence-corrected chi connectivity index (χ1v) is 10.5. The smallest absolute Gasteiger partial charge is 0.213 e. The van der Waals surface area contributed by atoms with Gasteiger partial charge < -0.3 is 10.2 Å². The molecule has 0 heterocycles. The zero-order valence-corrected chi connectivity index (χ0v) is 16.2. The van der Waals surface area contributed by atoms with E-state index in [4.69, 9.17) is 0 Å². The number of phenols is 2. The summed E-state index contributed by atoms with van der Waals surface area (Å²) in [6, 6.07) is 27.2. The van der Waals surface area contributed by atoms with E-state index in [1.54, 1.807) is 48.5 Å². The van der Waals surface area contributed by atoms with Crippen LogP contribution in [0.15, 0.2) is 107 Å². The maximum Gasteiger partial charge on any atom is 0.213 e. The van der Waals surface area contributed by atoms with Gasteiger partial charge in [-0.05, 0) is 23.3 Å². The van der Waals surface area contributed by atoms with Gasteiger partial charge in [-0.1, -0.05) is 84.9 Å². The van der Waals surface area contributed by atoms with E-state index in [0.717, 1.165) is 0 Å². The fourth-order valence-electron chi connectivity index (χ4n) is 3.30. The molecule has 0 amide bonds. The van der Waals surface area contributed by atoms with E-state index in [2.05, 4.69) is 0 Å². The molecule has 4 aromatic carbocycles. The second kappa shape index (κ2) is 7.45. The summed E-state index contributed by atoms with van der Waals surface area (Å²) in [5, 5.41) is 21.5. The Labute approximate surface area is 169 Å². The molecule has 0 atom stereocenters. The largest absolute Gasteiger partial charge is 0.506 e. The van der Waals surface area contributed by atoms with Crippen molar-refractivity contribution in [2.24, 2.45) is 0 Å². The second-order valence-electron chi connectivity index (χ2n) is 6.54. The number of hydrogen-bond acceptors (Lipinski definition) is 4. The van der Waals surface area contributed by atoms with Crippen molar-refractivity contribution in [1.82, 2.24) is 0 Å². The van der Waals surface area contributed by atoms with Crippen LogP contribution in [0, 0.1) is 0 Å². The normalized spacial score (nSPS) is 11.3. The van der Waals surface area contributed by atoms with Gasteiger partial charge in [-0.15, -0.1) is 0 Å². The van der Waals surface area contributed by atoms with Crippen LogP contribution in [-0.2, 0) is 9.84 Å². The maximum absolute atomic E-state index is 13.3. The molecule has 0 radical (unpaired) electrons. The minimum absolute atomic E-state index is 0.251. The Morgan fingerprint density at radius 3 is 1.24 bits per heavy atom. The third-order valence-corrected chi connectivity index (χ3v) is 6.56. The first-order valence-electron chi connectivity index (χ1n) is 9.00. The molecule has 144 valence electrons. The van der Waals surface area contributed by atoms with Crippen molar-refractivity contribution >= 4 is 9.84 Å². The van der Waals surface area contributed by atoms with Crippen LogP contribution in [0.2, 0.25) is 0 Å². The third-order valence-electron chi connectivity index (χ3n) is 4.75. The Morgan fingerprint density at radius 1 is 0.483 bits per heavy atom. The predicted molar refractivity (Wildman–Crippen MR) is 113 cm³/mol. The Bertz CT molecular complexity index is 1170. The fraction of sp³-hybridized carbons (Fsp3) is 0. The van der Waals surface area contributed by atoms with Gasteiger partial charge in [0.25, 0.3) is 0 Å². The standard InChI is InChI=1S/C24H18O4S/c25-23-19(17-9-3-1-4-10-17)13-7-15-21(23)29(27,28)22-16-8-14-20(24(22)26)18-11-5-2-6-12-18/h1-16,25-26H. The highest BCUT2D eigenvalue weighted by molar-refractivity contribution is 7.91. The highest BCUT2D eigenvalue weighted by atomic mass is 32.2. The summed E-state index contributed by atoms with van der Waals surface area (Å²) >= 11 is 0. The summed E-state index contributed by atoms with van der Waals surface area (Å²) in [5.41, 5.74) is 2.21. The van der Waals surface area contributed by atoms with Gasteiger partial charge in [0.1, 0.15) is 21.3 Å². The van der Waals surface area contributed by atoms with Gasteiger partial charge in [0.2, 0.25) is 9.84 Å². The van der Waals surface area contributed by atoms with Crippen LogP contribution in [0.3, 0.4) is 0 Å². The summed E-state index contributed by atoms with van der Waals surface area (Å²) in [7, 11) is -4.16. The van der Waals surface area contributed by atoms with Gasteiger partial charge in [0, 0.05) is 11.1 Å². The van der Waals surface area contributed by atoms with Crippen LogP contribution >= 0.6 is 0 Å².